The van der Waals surface area contributed by atoms with Crippen molar-refractivity contribution in [2.45, 2.75) is 13.5 Å². The van der Waals surface area contributed by atoms with Crippen molar-refractivity contribution in [1.29, 1.82) is 0 Å². The third-order valence-corrected chi connectivity index (χ3v) is 2.55. The van der Waals surface area contributed by atoms with Crippen LogP contribution < -0.4 is 0 Å². The lowest BCUT2D eigenvalue weighted by Crippen LogP contribution is -2.33. The molecule has 0 aliphatic carbocycles. The second-order valence-electron chi connectivity index (χ2n) is 3.74. The van der Waals surface area contributed by atoms with E-state index in [1.54, 1.807) is 24.1 Å². The number of likely N-dealkylation sites (N-methyl/N-ethyl adjacent to an activating group) is 1. The number of hydrogen-bond donors (Lipinski definition) is 1. The summed E-state index contributed by atoms with van der Waals surface area (Å²) in [4.78, 5) is 13.6. The Morgan fingerprint density at radius 1 is 1.35 bits per heavy atom. The van der Waals surface area contributed by atoms with Crippen molar-refractivity contribution in [2.24, 2.45) is 0 Å². The van der Waals surface area contributed by atoms with E-state index in [4.69, 9.17) is 9.84 Å². The Bertz CT molecular complexity index is 348. The lowest BCUT2D eigenvalue weighted by molar-refractivity contribution is 0.0732. The normalized spacial score (nSPS) is 10.3. The van der Waals surface area contributed by atoms with Gasteiger partial charge in [-0.25, -0.2) is 0 Å². The highest BCUT2D eigenvalue weighted by molar-refractivity contribution is 5.94. The van der Waals surface area contributed by atoms with Crippen LogP contribution in [0, 0.1) is 0 Å². The molecule has 94 valence electrons. The predicted octanol–water partition coefficient (Wildman–Crippen LogP) is 1.29. The van der Waals surface area contributed by atoms with Crippen molar-refractivity contribution in [1.82, 2.24) is 4.90 Å². The minimum Gasteiger partial charge on any atom is -0.395 e. The summed E-state index contributed by atoms with van der Waals surface area (Å²) in [5.41, 5.74) is 1.68. The van der Waals surface area contributed by atoms with Gasteiger partial charge in [0.15, 0.2) is 0 Å². The number of carbonyl (C=O) groups excluding carboxylic acids is 1. The highest BCUT2D eigenvalue weighted by Crippen LogP contribution is 2.08. The summed E-state index contributed by atoms with van der Waals surface area (Å²) in [5.74, 6) is -0.0504. The van der Waals surface area contributed by atoms with Crippen molar-refractivity contribution in [2.75, 3.05) is 26.8 Å². The molecule has 1 aromatic carbocycles. The Morgan fingerprint density at radius 3 is 2.47 bits per heavy atom. The molecule has 0 atom stereocenters. The molecule has 4 nitrogen and oxygen atoms in total. The van der Waals surface area contributed by atoms with Gasteiger partial charge in [-0.05, 0) is 24.6 Å². The number of rotatable bonds is 6. The molecule has 0 unspecified atom stereocenters. The van der Waals surface area contributed by atoms with Crippen LogP contribution in [0.25, 0.3) is 0 Å². The minimum absolute atomic E-state index is 0.0126. The van der Waals surface area contributed by atoms with E-state index in [1.807, 2.05) is 19.1 Å². The van der Waals surface area contributed by atoms with Crippen molar-refractivity contribution in [3.05, 3.63) is 35.4 Å². The third-order valence-electron chi connectivity index (χ3n) is 2.55. The fourth-order valence-corrected chi connectivity index (χ4v) is 1.62. The molecule has 0 aliphatic rings. The van der Waals surface area contributed by atoms with Crippen LogP contribution in [0.15, 0.2) is 24.3 Å². The molecule has 0 radical (unpaired) electrons. The van der Waals surface area contributed by atoms with E-state index in [0.717, 1.165) is 5.56 Å². The molecular formula is C13H19NO3. The highest BCUT2D eigenvalue weighted by atomic mass is 16.5. The average Bonchev–Trinajstić information content (AvgIpc) is 2.36. The Kier molecular flexibility index (Phi) is 5.66. The summed E-state index contributed by atoms with van der Waals surface area (Å²) in [5, 5.41) is 8.87. The second-order valence-corrected chi connectivity index (χ2v) is 3.74. The molecule has 4 heteroatoms. The Morgan fingerprint density at radius 2 is 2.00 bits per heavy atom. The summed E-state index contributed by atoms with van der Waals surface area (Å²) < 4.78 is 5.01. The van der Waals surface area contributed by atoms with Gasteiger partial charge in [0.25, 0.3) is 5.91 Å². The average molecular weight is 237 g/mol. The highest BCUT2D eigenvalue weighted by Gasteiger charge is 2.12. The molecule has 0 aliphatic heterocycles. The van der Waals surface area contributed by atoms with Gasteiger partial charge < -0.3 is 14.7 Å². The van der Waals surface area contributed by atoms with Gasteiger partial charge in [-0.15, -0.1) is 0 Å². The standard InChI is InChI=1S/C13H19NO3/c1-3-14(8-9-15)13(16)12-6-4-11(5-7-12)10-17-2/h4-7,15H,3,8-10H2,1-2H3. The maximum Gasteiger partial charge on any atom is 0.253 e. The van der Waals surface area contributed by atoms with Gasteiger partial charge in [0.05, 0.1) is 13.2 Å². The molecule has 0 fully saturated rings. The predicted molar refractivity (Wildman–Crippen MR) is 65.8 cm³/mol. The molecule has 1 N–H and O–H groups in total. The molecule has 0 saturated carbocycles. The molecule has 0 spiro atoms. The molecule has 0 bridgehead atoms. The first kappa shape index (κ1) is 13.7. The topological polar surface area (TPSA) is 49.8 Å². The number of benzene rings is 1. The molecule has 0 saturated heterocycles. The molecular weight excluding hydrogens is 218 g/mol. The zero-order chi connectivity index (χ0) is 12.7. The van der Waals surface area contributed by atoms with Crippen molar-refractivity contribution in [3.8, 4) is 0 Å². The molecule has 1 rings (SSSR count). The number of amides is 1. The summed E-state index contributed by atoms with van der Waals surface area (Å²) in [6.45, 7) is 3.39. The quantitative estimate of drug-likeness (QED) is 0.811. The fraction of sp³-hybridized carbons (Fsp3) is 0.462. The van der Waals surface area contributed by atoms with Gasteiger partial charge in [-0.1, -0.05) is 12.1 Å². The van der Waals surface area contributed by atoms with E-state index in [0.29, 0.717) is 25.3 Å². The van der Waals surface area contributed by atoms with Crippen LogP contribution >= 0.6 is 0 Å². The SMILES string of the molecule is CCN(CCO)C(=O)c1ccc(COC)cc1. The van der Waals surface area contributed by atoms with E-state index in [-0.39, 0.29) is 12.5 Å². The monoisotopic (exact) mass is 237 g/mol. The fourth-order valence-electron chi connectivity index (χ4n) is 1.62. The minimum atomic E-state index is -0.0504. The van der Waals surface area contributed by atoms with Gasteiger partial charge >= 0.3 is 0 Å². The van der Waals surface area contributed by atoms with Gasteiger partial charge in [-0.2, -0.15) is 0 Å². The summed E-state index contributed by atoms with van der Waals surface area (Å²) in [6.07, 6.45) is 0. The Hall–Kier alpha value is -1.39. The number of ether oxygens (including phenoxy) is 1. The molecule has 0 heterocycles. The number of hydrogen-bond acceptors (Lipinski definition) is 3. The Balaban J connectivity index is 2.74. The largest absolute Gasteiger partial charge is 0.395 e. The maximum atomic E-state index is 12.0. The van der Waals surface area contributed by atoms with E-state index in [1.165, 1.54) is 0 Å². The van der Waals surface area contributed by atoms with Crippen LogP contribution in [0.4, 0.5) is 0 Å². The van der Waals surface area contributed by atoms with E-state index in [2.05, 4.69) is 0 Å². The lowest BCUT2D eigenvalue weighted by Gasteiger charge is -2.19. The number of aliphatic hydroxyl groups is 1. The first-order valence-corrected chi connectivity index (χ1v) is 5.71. The van der Waals surface area contributed by atoms with Crippen LogP contribution in [0.5, 0.6) is 0 Å². The molecule has 1 aromatic rings. The van der Waals surface area contributed by atoms with Gasteiger partial charge in [0, 0.05) is 25.8 Å². The van der Waals surface area contributed by atoms with E-state index >= 15 is 0 Å². The number of nitrogens with zero attached hydrogens (tertiary/aromatic N) is 1. The van der Waals surface area contributed by atoms with Crippen LogP contribution in [0.3, 0.4) is 0 Å². The van der Waals surface area contributed by atoms with Gasteiger partial charge in [-0.3, -0.25) is 4.79 Å². The number of carbonyl (C=O) groups is 1. The lowest BCUT2D eigenvalue weighted by atomic mass is 10.1. The third kappa shape index (κ3) is 3.84. The Labute approximate surface area is 102 Å². The van der Waals surface area contributed by atoms with Gasteiger partial charge in [0.1, 0.15) is 0 Å². The molecule has 0 aromatic heterocycles. The van der Waals surface area contributed by atoms with Crippen molar-refractivity contribution in [3.63, 3.8) is 0 Å². The van der Waals surface area contributed by atoms with Crippen molar-refractivity contribution < 1.29 is 14.6 Å². The van der Waals surface area contributed by atoms with Crippen LogP contribution in [-0.2, 0) is 11.3 Å². The van der Waals surface area contributed by atoms with Crippen LogP contribution in [-0.4, -0.2) is 42.7 Å². The number of methoxy groups -OCH3 is 1. The maximum absolute atomic E-state index is 12.0. The van der Waals surface area contributed by atoms with E-state index in [9.17, 15) is 4.79 Å². The van der Waals surface area contributed by atoms with E-state index < -0.39 is 0 Å². The molecule has 17 heavy (non-hydrogen) atoms. The second kappa shape index (κ2) is 7.04. The van der Waals surface area contributed by atoms with Crippen molar-refractivity contribution >= 4 is 5.91 Å². The summed E-state index contributed by atoms with van der Waals surface area (Å²) >= 11 is 0. The van der Waals surface area contributed by atoms with Crippen LogP contribution in [0.2, 0.25) is 0 Å². The summed E-state index contributed by atoms with van der Waals surface area (Å²) in [6, 6.07) is 7.33. The first-order chi connectivity index (χ1) is 8.22. The smallest absolute Gasteiger partial charge is 0.253 e. The zero-order valence-corrected chi connectivity index (χ0v) is 10.3. The first-order valence-electron chi connectivity index (χ1n) is 5.71. The zero-order valence-electron chi connectivity index (χ0n) is 10.3. The number of aliphatic hydroxyl groups excluding tert-OH is 1. The van der Waals surface area contributed by atoms with Crippen LogP contribution in [0.1, 0.15) is 22.8 Å². The van der Waals surface area contributed by atoms with Gasteiger partial charge in [0.2, 0.25) is 0 Å². The molecule has 1 amide bonds. The summed E-state index contributed by atoms with van der Waals surface area (Å²) in [7, 11) is 1.64.